The van der Waals surface area contributed by atoms with Crippen LogP contribution < -0.4 is 5.73 Å². The Morgan fingerprint density at radius 2 is 2.15 bits per heavy atom. The summed E-state index contributed by atoms with van der Waals surface area (Å²) in [6.45, 7) is 7.57. The number of nitrogens with zero attached hydrogens (tertiary/aromatic N) is 2. The van der Waals surface area contributed by atoms with Crippen molar-refractivity contribution in [1.82, 2.24) is 9.80 Å². The Hall–Kier alpha value is -0.900. The summed E-state index contributed by atoms with van der Waals surface area (Å²) in [6, 6.07) is 7.37. The van der Waals surface area contributed by atoms with Gasteiger partial charge in [0.05, 0.1) is 0 Å². The van der Waals surface area contributed by atoms with Crippen LogP contribution in [0.5, 0.6) is 0 Å². The first-order valence-corrected chi connectivity index (χ1v) is 7.69. The van der Waals surface area contributed by atoms with Gasteiger partial charge in [-0.05, 0) is 58.5 Å². The summed E-state index contributed by atoms with van der Waals surface area (Å²) in [5.74, 6) is 0. The molecule has 1 fully saturated rings. The number of aryl methyl sites for hydroxylation is 2. The van der Waals surface area contributed by atoms with E-state index in [0.29, 0.717) is 6.04 Å². The smallest absolute Gasteiger partial charge is 0.0426 e. The van der Waals surface area contributed by atoms with Crippen molar-refractivity contribution in [2.75, 3.05) is 33.7 Å². The van der Waals surface area contributed by atoms with E-state index < -0.39 is 0 Å². The Kier molecular flexibility index (Phi) is 5.19. The molecule has 1 aromatic rings. The second kappa shape index (κ2) is 6.70. The first-order chi connectivity index (χ1) is 9.47. The van der Waals surface area contributed by atoms with E-state index in [-0.39, 0.29) is 6.04 Å². The number of hydrogen-bond donors (Lipinski definition) is 1. The number of likely N-dealkylation sites (N-methyl/N-ethyl adjacent to an activating group) is 2. The van der Waals surface area contributed by atoms with Gasteiger partial charge >= 0.3 is 0 Å². The molecule has 0 radical (unpaired) electrons. The minimum absolute atomic E-state index is 0.103. The Morgan fingerprint density at radius 3 is 2.80 bits per heavy atom. The van der Waals surface area contributed by atoms with Crippen LogP contribution in [0.4, 0.5) is 0 Å². The number of nitrogens with two attached hydrogens (primary N) is 1. The third-order valence-corrected chi connectivity index (χ3v) is 4.54. The van der Waals surface area contributed by atoms with E-state index in [1.54, 1.807) is 0 Å². The molecule has 3 nitrogen and oxygen atoms in total. The molecule has 1 aliphatic rings. The molecule has 2 unspecified atom stereocenters. The molecule has 1 aliphatic heterocycles. The van der Waals surface area contributed by atoms with Gasteiger partial charge in [0.25, 0.3) is 0 Å². The molecule has 0 amide bonds. The third kappa shape index (κ3) is 3.81. The summed E-state index contributed by atoms with van der Waals surface area (Å²) < 4.78 is 0. The van der Waals surface area contributed by atoms with Crippen molar-refractivity contribution in [3.05, 3.63) is 34.9 Å². The van der Waals surface area contributed by atoms with Crippen LogP contribution in [0.25, 0.3) is 0 Å². The van der Waals surface area contributed by atoms with Crippen LogP contribution in [-0.4, -0.2) is 49.6 Å². The van der Waals surface area contributed by atoms with Crippen LogP contribution in [0, 0.1) is 13.8 Å². The van der Waals surface area contributed by atoms with Crippen molar-refractivity contribution in [2.45, 2.75) is 38.8 Å². The van der Waals surface area contributed by atoms with Crippen LogP contribution in [0.3, 0.4) is 0 Å². The van der Waals surface area contributed by atoms with Crippen LogP contribution in [0.15, 0.2) is 18.2 Å². The molecule has 1 saturated heterocycles. The zero-order valence-electron chi connectivity index (χ0n) is 13.4. The predicted octanol–water partition coefficient (Wildman–Crippen LogP) is 2.33. The molecule has 2 N–H and O–H groups in total. The Morgan fingerprint density at radius 1 is 1.40 bits per heavy atom. The van der Waals surface area contributed by atoms with Crippen LogP contribution in [-0.2, 0) is 0 Å². The van der Waals surface area contributed by atoms with Crippen molar-refractivity contribution >= 4 is 0 Å². The van der Waals surface area contributed by atoms with Crippen LogP contribution >= 0.6 is 0 Å². The zero-order valence-corrected chi connectivity index (χ0v) is 13.4. The van der Waals surface area contributed by atoms with E-state index in [1.807, 2.05) is 0 Å². The maximum Gasteiger partial charge on any atom is 0.0426 e. The van der Waals surface area contributed by atoms with E-state index in [9.17, 15) is 0 Å². The Labute approximate surface area is 123 Å². The van der Waals surface area contributed by atoms with Gasteiger partial charge in [-0.1, -0.05) is 23.8 Å². The molecular weight excluding hydrogens is 246 g/mol. The van der Waals surface area contributed by atoms with E-state index in [1.165, 1.54) is 36.1 Å². The molecule has 3 heteroatoms. The minimum atomic E-state index is 0.103. The lowest BCUT2D eigenvalue weighted by Crippen LogP contribution is -2.39. The molecule has 0 aromatic heterocycles. The summed E-state index contributed by atoms with van der Waals surface area (Å²) in [4.78, 5) is 4.86. The summed E-state index contributed by atoms with van der Waals surface area (Å²) >= 11 is 0. The number of likely N-dealkylation sites (tertiary alicyclic amines) is 1. The van der Waals surface area contributed by atoms with Gasteiger partial charge in [0, 0.05) is 25.2 Å². The summed E-state index contributed by atoms with van der Waals surface area (Å²) in [7, 11) is 4.42. The molecule has 0 aliphatic carbocycles. The molecule has 2 atom stereocenters. The molecule has 0 spiro atoms. The second-order valence-corrected chi connectivity index (χ2v) is 6.46. The fourth-order valence-electron chi connectivity index (χ4n) is 3.24. The van der Waals surface area contributed by atoms with Crippen LogP contribution in [0.2, 0.25) is 0 Å². The quantitative estimate of drug-likeness (QED) is 0.895. The average molecular weight is 275 g/mol. The number of benzene rings is 1. The monoisotopic (exact) mass is 275 g/mol. The average Bonchev–Trinajstić information content (AvgIpc) is 2.77. The van der Waals surface area contributed by atoms with Crippen molar-refractivity contribution in [3.63, 3.8) is 0 Å². The standard InChI is InChI=1S/C17H29N3/c1-13-7-8-14(2)16(10-13)17(18)12-19(3)11-15-6-5-9-20(15)4/h7-8,10,15,17H,5-6,9,11-12,18H2,1-4H3. The van der Waals surface area contributed by atoms with E-state index in [4.69, 9.17) is 5.73 Å². The van der Waals surface area contributed by atoms with Gasteiger partial charge in [-0.25, -0.2) is 0 Å². The zero-order chi connectivity index (χ0) is 14.7. The Balaban J connectivity index is 1.93. The van der Waals surface area contributed by atoms with Gasteiger partial charge in [0.15, 0.2) is 0 Å². The van der Waals surface area contributed by atoms with Crippen molar-refractivity contribution in [3.8, 4) is 0 Å². The normalized spacial score (nSPS) is 21.6. The van der Waals surface area contributed by atoms with E-state index in [0.717, 1.165) is 13.1 Å². The molecular formula is C17H29N3. The lowest BCUT2D eigenvalue weighted by Gasteiger charge is -2.28. The van der Waals surface area contributed by atoms with Crippen molar-refractivity contribution in [1.29, 1.82) is 0 Å². The van der Waals surface area contributed by atoms with Crippen LogP contribution in [0.1, 0.15) is 35.6 Å². The summed E-state index contributed by atoms with van der Waals surface area (Å²) in [5.41, 5.74) is 10.3. The van der Waals surface area contributed by atoms with Gasteiger partial charge in [-0.15, -0.1) is 0 Å². The highest BCUT2D eigenvalue weighted by molar-refractivity contribution is 5.33. The van der Waals surface area contributed by atoms with Gasteiger partial charge < -0.3 is 15.5 Å². The Bertz CT molecular complexity index is 444. The molecule has 1 heterocycles. The SMILES string of the molecule is Cc1ccc(C)c(C(N)CN(C)CC2CCCN2C)c1. The predicted molar refractivity (Wildman–Crippen MR) is 86.0 cm³/mol. The first kappa shape index (κ1) is 15.5. The molecule has 1 aromatic carbocycles. The third-order valence-electron chi connectivity index (χ3n) is 4.54. The highest BCUT2D eigenvalue weighted by atomic mass is 15.2. The van der Waals surface area contributed by atoms with E-state index in [2.05, 4.69) is 55.9 Å². The fraction of sp³-hybridized carbons (Fsp3) is 0.647. The number of hydrogen-bond acceptors (Lipinski definition) is 3. The van der Waals surface area contributed by atoms with Gasteiger partial charge in [-0.2, -0.15) is 0 Å². The molecule has 20 heavy (non-hydrogen) atoms. The molecule has 0 bridgehead atoms. The lowest BCUT2D eigenvalue weighted by molar-refractivity contribution is 0.213. The van der Waals surface area contributed by atoms with E-state index >= 15 is 0 Å². The number of rotatable bonds is 5. The highest BCUT2D eigenvalue weighted by Gasteiger charge is 2.23. The molecule has 112 valence electrons. The molecule has 2 rings (SSSR count). The first-order valence-electron chi connectivity index (χ1n) is 7.69. The highest BCUT2D eigenvalue weighted by Crippen LogP contribution is 2.20. The second-order valence-electron chi connectivity index (χ2n) is 6.46. The maximum absolute atomic E-state index is 6.42. The van der Waals surface area contributed by atoms with Gasteiger partial charge in [-0.3, -0.25) is 0 Å². The van der Waals surface area contributed by atoms with Gasteiger partial charge in [0.1, 0.15) is 0 Å². The van der Waals surface area contributed by atoms with Gasteiger partial charge in [0.2, 0.25) is 0 Å². The van der Waals surface area contributed by atoms with Crippen molar-refractivity contribution in [2.24, 2.45) is 5.73 Å². The largest absolute Gasteiger partial charge is 0.323 e. The van der Waals surface area contributed by atoms with Crippen molar-refractivity contribution < 1.29 is 0 Å². The lowest BCUT2D eigenvalue weighted by atomic mass is 9.99. The summed E-state index contributed by atoms with van der Waals surface area (Å²) in [5, 5.41) is 0. The fourth-order valence-corrected chi connectivity index (χ4v) is 3.24. The minimum Gasteiger partial charge on any atom is -0.323 e. The maximum atomic E-state index is 6.42. The topological polar surface area (TPSA) is 32.5 Å². The molecule has 0 saturated carbocycles. The summed E-state index contributed by atoms with van der Waals surface area (Å²) in [6.07, 6.45) is 2.65.